The summed E-state index contributed by atoms with van der Waals surface area (Å²) in [6, 6.07) is 16.9. The minimum atomic E-state index is -0.109. The molecular weight excluding hydrogens is 330 g/mol. The van der Waals surface area contributed by atoms with Crippen LogP contribution in [0.2, 0.25) is 0 Å². The Morgan fingerprint density at radius 3 is 2.38 bits per heavy atom. The second kappa shape index (κ2) is 10.2. The van der Waals surface area contributed by atoms with Gasteiger partial charge in [-0.3, -0.25) is 14.5 Å². The van der Waals surface area contributed by atoms with Crippen molar-refractivity contribution >= 4 is 11.8 Å². The molecule has 0 radical (unpaired) electrons. The molecule has 6 heteroatoms. The summed E-state index contributed by atoms with van der Waals surface area (Å²) in [6.07, 6.45) is 0. The first kappa shape index (κ1) is 19.5. The Labute approximate surface area is 154 Å². The van der Waals surface area contributed by atoms with Gasteiger partial charge >= 0.3 is 0 Å². The molecule has 0 bridgehead atoms. The zero-order valence-electron chi connectivity index (χ0n) is 15.2. The van der Waals surface area contributed by atoms with Crippen LogP contribution in [0.25, 0.3) is 0 Å². The standard InChI is InChI=1S/C20H25N3O3/c1-21-20(25)17-10-8-16(9-11-17)14-23(2)15-19(24)22-12-13-26-18-6-4-3-5-7-18/h3-11H,12-15H2,1-2H3,(H,21,25)(H,22,24). The van der Waals surface area contributed by atoms with Gasteiger partial charge in [0.1, 0.15) is 12.4 Å². The van der Waals surface area contributed by atoms with Crippen molar-refractivity contribution in [3.63, 3.8) is 0 Å². The van der Waals surface area contributed by atoms with Gasteiger partial charge in [-0.2, -0.15) is 0 Å². The smallest absolute Gasteiger partial charge is 0.251 e. The first-order chi connectivity index (χ1) is 12.6. The van der Waals surface area contributed by atoms with Crippen LogP contribution < -0.4 is 15.4 Å². The fraction of sp³-hybridized carbons (Fsp3) is 0.300. The number of ether oxygens (including phenoxy) is 1. The molecule has 2 rings (SSSR count). The largest absolute Gasteiger partial charge is 0.492 e. The second-order valence-electron chi connectivity index (χ2n) is 5.96. The number of amides is 2. The lowest BCUT2D eigenvalue weighted by molar-refractivity contribution is -0.122. The minimum Gasteiger partial charge on any atom is -0.492 e. The molecule has 0 aliphatic heterocycles. The number of likely N-dealkylation sites (N-methyl/N-ethyl adjacent to an activating group) is 1. The summed E-state index contributed by atoms with van der Waals surface area (Å²) >= 11 is 0. The highest BCUT2D eigenvalue weighted by Gasteiger charge is 2.08. The van der Waals surface area contributed by atoms with E-state index >= 15 is 0 Å². The molecule has 138 valence electrons. The van der Waals surface area contributed by atoms with Crippen molar-refractivity contribution in [2.45, 2.75) is 6.54 Å². The fourth-order valence-corrected chi connectivity index (χ4v) is 2.45. The van der Waals surface area contributed by atoms with Gasteiger partial charge < -0.3 is 15.4 Å². The molecule has 0 saturated carbocycles. The summed E-state index contributed by atoms with van der Waals surface area (Å²) in [7, 11) is 3.49. The van der Waals surface area contributed by atoms with Gasteiger partial charge in [-0.15, -0.1) is 0 Å². The first-order valence-electron chi connectivity index (χ1n) is 8.52. The van der Waals surface area contributed by atoms with Crippen LogP contribution in [0.3, 0.4) is 0 Å². The number of nitrogens with zero attached hydrogens (tertiary/aromatic N) is 1. The number of nitrogens with one attached hydrogen (secondary N) is 2. The average Bonchev–Trinajstić information content (AvgIpc) is 2.66. The van der Waals surface area contributed by atoms with Crippen molar-refractivity contribution in [1.82, 2.24) is 15.5 Å². The third kappa shape index (κ3) is 6.57. The van der Waals surface area contributed by atoms with E-state index in [2.05, 4.69) is 10.6 Å². The van der Waals surface area contributed by atoms with Crippen molar-refractivity contribution in [3.8, 4) is 5.75 Å². The van der Waals surface area contributed by atoms with Crippen LogP contribution in [0.5, 0.6) is 5.75 Å². The monoisotopic (exact) mass is 355 g/mol. The maximum atomic E-state index is 12.0. The van der Waals surface area contributed by atoms with Crippen molar-refractivity contribution < 1.29 is 14.3 Å². The maximum absolute atomic E-state index is 12.0. The van der Waals surface area contributed by atoms with Gasteiger partial charge in [-0.1, -0.05) is 30.3 Å². The highest BCUT2D eigenvalue weighted by Crippen LogP contribution is 2.08. The molecule has 26 heavy (non-hydrogen) atoms. The number of carbonyl (C=O) groups excluding carboxylic acids is 2. The lowest BCUT2D eigenvalue weighted by Gasteiger charge is -2.16. The Morgan fingerprint density at radius 2 is 1.73 bits per heavy atom. The summed E-state index contributed by atoms with van der Waals surface area (Å²) in [5, 5.41) is 5.43. The zero-order chi connectivity index (χ0) is 18.8. The van der Waals surface area contributed by atoms with Crippen molar-refractivity contribution in [2.75, 3.05) is 33.8 Å². The zero-order valence-corrected chi connectivity index (χ0v) is 15.2. The lowest BCUT2D eigenvalue weighted by Crippen LogP contribution is -2.36. The van der Waals surface area contributed by atoms with E-state index in [4.69, 9.17) is 4.74 Å². The van der Waals surface area contributed by atoms with Crippen LogP contribution in [0.1, 0.15) is 15.9 Å². The van der Waals surface area contributed by atoms with Crippen LogP contribution in [-0.2, 0) is 11.3 Å². The molecule has 0 fully saturated rings. The van der Waals surface area contributed by atoms with E-state index in [1.807, 2.05) is 54.4 Å². The summed E-state index contributed by atoms with van der Waals surface area (Å²) in [6.45, 7) is 1.81. The number of hydrogen-bond donors (Lipinski definition) is 2. The molecule has 0 aliphatic carbocycles. The molecule has 0 aliphatic rings. The van der Waals surface area contributed by atoms with Crippen molar-refractivity contribution in [2.24, 2.45) is 0 Å². The third-order valence-corrected chi connectivity index (χ3v) is 3.75. The normalized spacial score (nSPS) is 10.4. The molecule has 0 aromatic heterocycles. The van der Waals surface area contributed by atoms with Crippen LogP contribution in [0.15, 0.2) is 54.6 Å². The molecule has 2 aromatic rings. The second-order valence-corrected chi connectivity index (χ2v) is 5.96. The molecule has 0 heterocycles. The predicted molar refractivity (Wildman–Crippen MR) is 101 cm³/mol. The number of para-hydroxylation sites is 1. The van der Waals surface area contributed by atoms with Gasteiger partial charge in [0, 0.05) is 19.2 Å². The van der Waals surface area contributed by atoms with Gasteiger partial charge in [0.2, 0.25) is 5.91 Å². The number of rotatable bonds is 9. The quantitative estimate of drug-likeness (QED) is 0.672. The van der Waals surface area contributed by atoms with Gasteiger partial charge in [0.05, 0.1) is 13.1 Å². The summed E-state index contributed by atoms with van der Waals surface area (Å²) in [4.78, 5) is 25.4. The minimum absolute atomic E-state index is 0.0499. The van der Waals surface area contributed by atoms with Gasteiger partial charge in [0.25, 0.3) is 5.91 Å². The van der Waals surface area contributed by atoms with E-state index in [0.717, 1.165) is 11.3 Å². The Bertz CT molecular complexity index is 702. The van der Waals surface area contributed by atoms with E-state index in [9.17, 15) is 9.59 Å². The van der Waals surface area contributed by atoms with Gasteiger partial charge in [-0.05, 0) is 36.9 Å². The lowest BCUT2D eigenvalue weighted by atomic mass is 10.1. The summed E-state index contributed by atoms with van der Waals surface area (Å²) < 4.78 is 5.54. The molecule has 2 amide bonds. The summed E-state index contributed by atoms with van der Waals surface area (Å²) in [5.74, 6) is 0.632. The molecular formula is C20H25N3O3. The Kier molecular flexibility index (Phi) is 7.64. The van der Waals surface area contributed by atoms with Crippen LogP contribution in [-0.4, -0.2) is 50.5 Å². The number of benzene rings is 2. The Balaban J connectivity index is 1.67. The molecule has 0 atom stereocenters. The molecule has 2 aromatic carbocycles. The molecule has 2 N–H and O–H groups in total. The molecule has 0 saturated heterocycles. The van der Waals surface area contributed by atoms with Gasteiger partial charge in [0.15, 0.2) is 0 Å². The van der Waals surface area contributed by atoms with E-state index in [-0.39, 0.29) is 11.8 Å². The number of carbonyl (C=O) groups is 2. The molecule has 0 unspecified atom stereocenters. The van der Waals surface area contributed by atoms with E-state index < -0.39 is 0 Å². The topological polar surface area (TPSA) is 70.7 Å². The van der Waals surface area contributed by atoms with E-state index in [0.29, 0.717) is 31.8 Å². The van der Waals surface area contributed by atoms with E-state index in [1.54, 1.807) is 19.2 Å². The predicted octanol–water partition coefficient (Wildman–Crippen LogP) is 1.67. The highest BCUT2D eigenvalue weighted by molar-refractivity contribution is 5.93. The summed E-state index contributed by atoms with van der Waals surface area (Å²) in [5.41, 5.74) is 1.66. The van der Waals surface area contributed by atoms with Crippen molar-refractivity contribution in [1.29, 1.82) is 0 Å². The molecule has 0 spiro atoms. The first-order valence-corrected chi connectivity index (χ1v) is 8.52. The van der Waals surface area contributed by atoms with E-state index in [1.165, 1.54) is 0 Å². The van der Waals surface area contributed by atoms with Crippen molar-refractivity contribution in [3.05, 3.63) is 65.7 Å². The van der Waals surface area contributed by atoms with Crippen LogP contribution in [0.4, 0.5) is 0 Å². The van der Waals surface area contributed by atoms with Crippen LogP contribution >= 0.6 is 0 Å². The third-order valence-electron chi connectivity index (χ3n) is 3.75. The van der Waals surface area contributed by atoms with Crippen LogP contribution in [0, 0.1) is 0 Å². The Morgan fingerprint density at radius 1 is 1.04 bits per heavy atom. The SMILES string of the molecule is CNC(=O)c1ccc(CN(C)CC(=O)NCCOc2ccccc2)cc1. The fourth-order valence-electron chi connectivity index (χ4n) is 2.45. The van der Waals surface area contributed by atoms with Gasteiger partial charge in [-0.25, -0.2) is 0 Å². The highest BCUT2D eigenvalue weighted by atomic mass is 16.5. The average molecular weight is 355 g/mol. The Hall–Kier alpha value is -2.86. The maximum Gasteiger partial charge on any atom is 0.251 e. The molecule has 6 nitrogen and oxygen atoms in total. The number of hydrogen-bond acceptors (Lipinski definition) is 4.